The molecule has 0 aliphatic heterocycles. The number of ether oxygens (including phenoxy) is 1. The lowest BCUT2D eigenvalue weighted by molar-refractivity contribution is -0.274. The van der Waals surface area contributed by atoms with Crippen molar-refractivity contribution in [3.63, 3.8) is 0 Å². The standard InChI is InChI=1S/C15H10F3N3O2/c16-15(17,18)23-13-3-1-2-10(8-13)14-9-21(20-19-14)11-4-6-12(22)7-5-11/h1-9,22H. The minimum atomic E-state index is -4.75. The number of rotatable bonds is 3. The van der Waals surface area contributed by atoms with Gasteiger partial charge in [-0.25, -0.2) is 4.68 Å². The third-order valence-corrected chi connectivity index (χ3v) is 2.97. The van der Waals surface area contributed by atoms with Gasteiger partial charge in [-0.2, -0.15) is 0 Å². The van der Waals surface area contributed by atoms with Crippen LogP contribution in [0.5, 0.6) is 11.5 Å². The zero-order chi connectivity index (χ0) is 16.4. The van der Waals surface area contributed by atoms with Gasteiger partial charge in [0.1, 0.15) is 17.2 Å². The maximum absolute atomic E-state index is 12.3. The van der Waals surface area contributed by atoms with E-state index in [-0.39, 0.29) is 11.5 Å². The third kappa shape index (κ3) is 3.60. The lowest BCUT2D eigenvalue weighted by Crippen LogP contribution is -2.17. The molecule has 0 aliphatic rings. The molecule has 0 amide bonds. The van der Waals surface area contributed by atoms with Gasteiger partial charge in [-0.15, -0.1) is 18.3 Å². The summed E-state index contributed by atoms with van der Waals surface area (Å²) in [6.45, 7) is 0. The fraction of sp³-hybridized carbons (Fsp3) is 0.0667. The van der Waals surface area contributed by atoms with E-state index in [0.29, 0.717) is 16.9 Å². The summed E-state index contributed by atoms with van der Waals surface area (Å²) >= 11 is 0. The second kappa shape index (κ2) is 5.64. The second-order valence-electron chi connectivity index (χ2n) is 4.64. The molecule has 118 valence electrons. The molecule has 0 aliphatic carbocycles. The van der Waals surface area contributed by atoms with Crippen molar-refractivity contribution in [2.75, 3.05) is 0 Å². The largest absolute Gasteiger partial charge is 0.573 e. The van der Waals surface area contributed by atoms with Crippen molar-refractivity contribution in [1.82, 2.24) is 15.0 Å². The maximum atomic E-state index is 12.3. The number of phenols is 1. The van der Waals surface area contributed by atoms with Crippen LogP contribution in [0.1, 0.15) is 0 Å². The lowest BCUT2D eigenvalue weighted by Gasteiger charge is -2.09. The number of aromatic nitrogens is 3. The highest BCUT2D eigenvalue weighted by Gasteiger charge is 2.31. The Bertz CT molecular complexity index is 813. The van der Waals surface area contributed by atoms with Crippen LogP contribution >= 0.6 is 0 Å². The average Bonchev–Trinajstić information content (AvgIpc) is 2.96. The molecule has 3 aromatic rings. The minimum absolute atomic E-state index is 0.117. The first-order valence-corrected chi connectivity index (χ1v) is 6.49. The molecule has 1 heterocycles. The van der Waals surface area contributed by atoms with Crippen molar-refractivity contribution in [3.8, 4) is 28.4 Å². The van der Waals surface area contributed by atoms with Gasteiger partial charge in [-0.1, -0.05) is 17.3 Å². The van der Waals surface area contributed by atoms with Crippen LogP contribution in [0.2, 0.25) is 0 Å². The zero-order valence-corrected chi connectivity index (χ0v) is 11.5. The number of benzene rings is 2. The fourth-order valence-electron chi connectivity index (χ4n) is 1.98. The Morgan fingerprint density at radius 1 is 1.04 bits per heavy atom. The summed E-state index contributed by atoms with van der Waals surface area (Å²) in [4.78, 5) is 0. The number of phenolic OH excluding ortho intramolecular Hbond substituents is 1. The molecule has 23 heavy (non-hydrogen) atoms. The summed E-state index contributed by atoms with van der Waals surface area (Å²) in [6.07, 6.45) is -3.18. The van der Waals surface area contributed by atoms with Gasteiger partial charge in [0.2, 0.25) is 0 Å². The van der Waals surface area contributed by atoms with Crippen molar-refractivity contribution >= 4 is 0 Å². The SMILES string of the molecule is Oc1ccc(-n2cc(-c3cccc(OC(F)(F)F)c3)nn2)cc1. The van der Waals surface area contributed by atoms with Gasteiger partial charge in [0.15, 0.2) is 0 Å². The Kier molecular flexibility index (Phi) is 3.65. The van der Waals surface area contributed by atoms with E-state index in [1.54, 1.807) is 24.4 Å². The van der Waals surface area contributed by atoms with Gasteiger partial charge < -0.3 is 9.84 Å². The van der Waals surface area contributed by atoms with Crippen LogP contribution in [0, 0.1) is 0 Å². The molecular weight excluding hydrogens is 311 g/mol. The molecular formula is C15H10F3N3O2. The molecule has 3 rings (SSSR count). The number of nitrogens with zero attached hydrogens (tertiary/aromatic N) is 3. The topological polar surface area (TPSA) is 60.2 Å². The highest BCUT2D eigenvalue weighted by atomic mass is 19.4. The van der Waals surface area contributed by atoms with E-state index in [4.69, 9.17) is 0 Å². The van der Waals surface area contributed by atoms with Crippen LogP contribution in [0.25, 0.3) is 16.9 Å². The summed E-state index contributed by atoms with van der Waals surface area (Å²) < 4.78 is 42.1. The molecule has 0 saturated heterocycles. The second-order valence-corrected chi connectivity index (χ2v) is 4.64. The van der Waals surface area contributed by atoms with Crippen LogP contribution in [0.15, 0.2) is 54.7 Å². The van der Waals surface area contributed by atoms with E-state index in [2.05, 4.69) is 15.0 Å². The van der Waals surface area contributed by atoms with Gasteiger partial charge >= 0.3 is 6.36 Å². The van der Waals surface area contributed by atoms with E-state index < -0.39 is 6.36 Å². The zero-order valence-electron chi connectivity index (χ0n) is 11.5. The van der Waals surface area contributed by atoms with E-state index in [9.17, 15) is 18.3 Å². The van der Waals surface area contributed by atoms with Crippen molar-refractivity contribution in [2.45, 2.75) is 6.36 Å². The van der Waals surface area contributed by atoms with Crippen molar-refractivity contribution < 1.29 is 23.0 Å². The molecule has 0 saturated carbocycles. The molecule has 0 spiro atoms. The van der Waals surface area contributed by atoms with Crippen LogP contribution in [0.4, 0.5) is 13.2 Å². The predicted molar refractivity (Wildman–Crippen MR) is 75.1 cm³/mol. The monoisotopic (exact) mass is 321 g/mol. The number of aromatic hydroxyl groups is 1. The molecule has 1 N–H and O–H groups in total. The van der Waals surface area contributed by atoms with E-state index in [1.807, 2.05) is 0 Å². The van der Waals surface area contributed by atoms with Crippen LogP contribution in [0.3, 0.4) is 0 Å². The highest BCUT2D eigenvalue weighted by Crippen LogP contribution is 2.27. The summed E-state index contributed by atoms with van der Waals surface area (Å²) in [5.41, 5.74) is 1.49. The molecule has 5 nitrogen and oxygen atoms in total. The van der Waals surface area contributed by atoms with Crippen molar-refractivity contribution in [1.29, 1.82) is 0 Å². The molecule has 0 atom stereocenters. The van der Waals surface area contributed by atoms with Crippen LogP contribution < -0.4 is 4.74 Å². The highest BCUT2D eigenvalue weighted by molar-refractivity contribution is 5.60. The predicted octanol–water partition coefficient (Wildman–Crippen LogP) is 3.54. The van der Waals surface area contributed by atoms with Crippen molar-refractivity contribution in [2.24, 2.45) is 0 Å². The van der Waals surface area contributed by atoms with Gasteiger partial charge in [-0.05, 0) is 36.4 Å². The van der Waals surface area contributed by atoms with E-state index in [1.165, 1.54) is 35.0 Å². The van der Waals surface area contributed by atoms with Gasteiger partial charge in [0, 0.05) is 5.56 Å². The molecule has 0 bridgehead atoms. The summed E-state index contributed by atoms with van der Waals surface area (Å²) in [5, 5.41) is 17.1. The molecule has 0 radical (unpaired) electrons. The average molecular weight is 321 g/mol. The molecule has 8 heteroatoms. The first kappa shape index (κ1) is 14.9. The maximum Gasteiger partial charge on any atom is 0.573 e. The van der Waals surface area contributed by atoms with E-state index >= 15 is 0 Å². The Morgan fingerprint density at radius 2 is 1.78 bits per heavy atom. The van der Waals surface area contributed by atoms with Gasteiger partial charge in [0.25, 0.3) is 0 Å². The third-order valence-electron chi connectivity index (χ3n) is 2.97. The summed E-state index contributed by atoms with van der Waals surface area (Å²) in [7, 11) is 0. The lowest BCUT2D eigenvalue weighted by atomic mass is 10.1. The Labute approximate surface area is 128 Å². The smallest absolute Gasteiger partial charge is 0.508 e. The number of hydrogen-bond donors (Lipinski definition) is 1. The Morgan fingerprint density at radius 3 is 2.48 bits per heavy atom. The number of halogens is 3. The van der Waals surface area contributed by atoms with Gasteiger partial charge in [-0.3, -0.25) is 0 Å². The Balaban J connectivity index is 1.88. The van der Waals surface area contributed by atoms with Crippen LogP contribution in [-0.2, 0) is 0 Å². The normalized spacial score (nSPS) is 11.4. The Hall–Kier alpha value is -3.03. The first-order valence-electron chi connectivity index (χ1n) is 6.49. The molecule has 0 fully saturated rings. The first-order chi connectivity index (χ1) is 10.9. The number of alkyl halides is 3. The van der Waals surface area contributed by atoms with Crippen LogP contribution in [-0.4, -0.2) is 26.5 Å². The van der Waals surface area contributed by atoms with E-state index in [0.717, 1.165) is 0 Å². The van der Waals surface area contributed by atoms with Gasteiger partial charge in [0.05, 0.1) is 11.9 Å². The molecule has 0 unspecified atom stereocenters. The van der Waals surface area contributed by atoms with Crippen molar-refractivity contribution in [3.05, 3.63) is 54.7 Å². The minimum Gasteiger partial charge on any atom is -0.508 e. The quantitative estimate of drug-likeness (QED) is 0.801. The fourth-order valence-corrected chi connectivity index (χ4v) is 1.98. The summed E-state index contributed by atoms with van der Waals surface area (Å²) in [6, 6.07) is 11.8. The molecule has 1 aromatic heterocycles. The summed E-state index contributed by atoms with van der Waals surface area (Å²) in [5.74, 6) is -0.208. The molecule has 2 aromatic carbocycles. The number of hydrogen-bond acceptors (Lipinski definition) is 4.